The van der Waals surface area contributed by atoms with Crippen LogP contribution in [0.3, 0.4) is 0 Å². The maximum atomic E-state index is 5.75. The zero-order valence-corrected chi connectivity index (χ0v) is 8.87. The standard InChI is InChI=1S/C10H21NO/c1-7-6-10(11(4)5)8(2)9(3)12-7/h7-10H,6H2,1-5H3. The minimum atomic E-state index is 0.404. The van der Waals surface area contributed by atoms with Crippen LogP contribution < -0.4 is 0 Å². The Kier molecular flexibility index (Phi) is 3.13. The number of hydrogen-bond donors (Lipinski definition) is 0. The second-order valence-corrected chi connectivity index (χ2v) is 4.28. The molecule has 0 aromatic heterocycles. The molecule has 72 valence electrons. The lowest BCUT2D eigenvalue weighted by molar-refractivity contribution is -0.0921. The number of ether oxygens (including phenoxy) is 1. The Hall–Kier alpha value is -0.0800. The Morgan fingerprint density at radius 1 is 1.17 bits per heavy atom. The van der Waals surface area contributed by atoms with Gasteiger partial charge in [0, 0.05) is 6.04 Å². The molecule has 12 heavy (non-hydrogen) atoms. The van der Waals surface area contributed by atoms with Crippen LogP contribution >= 0.6 is 0 Å². The fourth-order valence-corrected chi connectivity index (χ4v) is 2.09. The molecule has 1 aliphatic heterocycles. The molecule has 4 unspecified atom stereocenters. The molecule has 1 rings (SSSR count). The summed E-state index contributed by atoms with van der Waals surface area (Å²) in [5, 5.41) is 0. The highest BCUT2D eigenvalue weighted by molar-refractivity contribution is 4.84. The van der Waals surface area contributed by atoms with Gasteiger partial charge in [0.2, 0.25) is 0 Å². The molecule has 0 amide bonds. The van der Waals surface area contributed by atoms with Gasteiger partial charge in [-0.3, -0.25) is 0 Å². The lowest BCUT2D eigenvalue weighted by Crippen LogP contribution is -2.47. The monoisotopic (exact) mass is 171 g/mol. The van der Waals surface area contributed by atoms with Crippen molar-refractivity contribution in [3.63, 3.8) is 0 Å². The molecule has 0 N–H and O–H groups in total. The quantitative estimate of drug-likeness (QED) is 0.596. The highest BCUT2D eigenvalue weighted by atomic mass is 16.5. The maximum absolute atomic E-state index is 5.75. The summed E-state index contributed by atoms with van der Waals surface area (Å²) < 4.78 is 5.75. The highest BCUT2D eigenvalue weighted by Crippen LogP contribution is 2.27. The molecular weight excluding hydrogens is 150 g/mol. The molecule has 0 bridgehead atoms. The average Bonchev–Trinajstić information content (AvgIpc) is 1.96. The number of nitrogens with zero attached hydrogens (tertiary/aromatic N) is 1. The van der Waals surface area contributed by atoms with Crippen molar-refractivity contribution in [2.75, 3.05) is 14.1 Å². The Morgan fingerprint density at radius 3 is 2.25 bits per heavy atom. The molecule has 4 atom stereocenters. The van der Waals surface area contributed by atoms with Crippen LogP contribution in [0.15, 0.2) is 0 Å². The van der Waals surface area contributed by atoms with Crippen LogP contribution in [0, 0.1) is 5.92 Å². The third-order valence-electron chi connectivity index (χ3n) is 3.03. The van der Waals surface area contributed by atoms with E-state index in [9.17, 15) is 0 Å². The number of rotatable bonds is 1. The Balaban J connectivity index is 2.60. The summed E-state index contributed by atoms with van der Waals surface area (Å²) in [6, 6.07) is 0.684. The minimum absolute atomic E-state index is 0.404. The van der Waals surface area contributed by atoms with Crippen molar-refractivity contribution in [1.29, 1.82) is 0 Å². The van der Waals surface area contributed by atoms with Gasteiger partial charge in [-0.25, -0.2) is 0 Å². The first-order chi connectivity index (χ1) is 5.52. The zero-order valence-electron chi connectivity index (χ0n) is 8.87. The average molecular weight is 171 g/mol. The fraction of sp³-hybridized carbons (Fsp3) is 1.00. The van der Waals surface area contributed by atoms with Gasteiger partial charge in [-0.1, -0.05) is 6.92 Å². The van der Waals surface area contributed by atoms with Crippen molar-refractivity contribution in [2.45, 2.75) is 45.4 Å². The molecule has 1 aliphatic rings. The summed E-state index contributed by atoms with van der Waals surface area (Å²) in [7, 11) is 4.32. The van der Waals surface area contributed by atoms with Crippen LogP contribution in [-0.2, 0) is 4.74 Å². The van der Waals surface area contributed by atoms with E-state index in [1.165, 1.54) is 6.42 Å². The second-order valence-electron chi connectivity index (χ2n) is 4.28. The van der Waals surface area contributed by atoms with Crippen molar-refractivity contribution in [3.8, 4) is 0 Å². The molecule has 2 heteroatoms. The lowest BCUT2D eigenvalue weighted by atomic mass is 9.88. The van der Waals surface area contributed by atoms with Crippen LogP contribution in [0.1, 0.15) is 27.2 Å². The second kappa shape index (κ2) is 3.75. The first-order valence-corrected chi connectivity index (χ1v) is 4.84. The van der Waals surface area contributed by atoms with Crippen molar-refractivity contribution >= 4 is 0 Å². The topological polar surface area (TPSA) is 12.5 Å². The molecule has 1 heterocycles. The molecule has 0 aromatic carbocycles. The Bertz CT molecular complexity index is 147. The first-order valence-electron chi connectivity index (χ1n) is 4.84. The molecular formula is C10H21NO. The van der Waals surface area contributed by atoms with Gasteiger partial charge in [0.1, 0.15) is 0 Å². The van der Waals surface area contributed by atoms with Crippen molar-refractivity contribution in [2.24, 2.45) is 5.92 Å². The minimum Gasteiger partial charge on any atom is -0.375 e. The van der Waals surface area contributed by atoms with Gasteiger partial charge in [-0.15, -0.1) is 0 Å². The van der Waals surface area contributed by atoms with E-state index in [4.69, 9.17) is 4.74 Å². The third-order valence-corrected chi connectivity index (χ3v) is 3.03. The molecule has 2 nitrogen and oxygen atoms in total. The summed E-state index contributed by atoms with van der Waals surface area (Å²) in [4.78, 5) is 2.32. The van der Waals surface area contributed by atoms with Gasteiger partial charge in [0.25, 0.3) is 0 Å². The molecule has 1 fully saturated rings. The van der Waals surface area contributed by atoms with Crippen LogP contribution in [0.5, 0.6) is 0 Å². The Morgan fingerprint density at radius 2 is 1.75 bits per heavy atom. The third kappa shape index (κ3) is 1.99. The van der Waals surface area contributed by atoms with Crippen molar-refractivity contribution < 1.29 is 4.74 Å². The fourth-order valence-electron chi connectivity index (χ4n) is 2.09. The Labute approximate surface area is 75.9 Å². The predicted molar refractivity (Wildman–Crippen MR) is 51.3 cm³/mol. The van der Waals surface area contributed by atoms with Gasteiger partial charge >= 0.3 is 0 Å². The van der Waals surface area contributed by atoms with Crippen molar-refractivity contribution in [3.05, 3.63) is 0 Å². The molecule has 1 saturated heterocycles. The molecule has 0 aliphatic carbocycles. The summed E-state index contributed by atoms with van der Waals surface area (Å²) in [5.41, 5.74) is 0. The van der Waals surface area contributed by atoms with E-state index in [0.717, 1.165) is 0 Å². The highest BCUT2D eigenvalue weighted by Gasteiger charge is 2.32. The predicted octanol–water partition coefficient (Wildman–Crippen LogP) is 1.75. The molecule has 0 aromatic rings. The van der Waals surface area contributed by atoms with Crippen LogP contribution in [-0.4, -0.2) is 37.2 Å². The zero-order chi connectivity index (χ0) is 9.30. The van der Waals surface area contributed by atoms with E-state index in [1.807, 2.05) is 0 Å². The van der Waals surface area contributed by atoms with E-state index in [1.54, 1.807) is 0 Å². The molecule has 0 radical (unpaired) electrons. The van der Waals surface area contributed by atoms with Gasteiger partial charge in [0.05, 0.1) is 12.2 Å². The summed E-state index contributed by atoms with van der Waals surface area (Å²) in [6.45, 7) is 6.62. The van der Waals surface area contributed by atoms with Crippen LogP contribution in [0.4, 0.5) is 0 Å². The van der Waals surface area contributed by atoms with Gasteiger partial charge in [0.15, 0.2) is 0 Å². The van der Waals surface area contributed by atoms with E-state index < -0.39 is 0 Å². The summed E-state index contributed by atoms with van der Waals surface area (Å²) in [5.74, 6) is 0.649. The molecule has 0 spiro atoms. The van der Waals surface area contributed by atoms with Gasteiger partial charge in [-0.05, 0) is 40.3 Å². The van der Waals surface area contributed by atoms with E-state index in [0.29, 0.717) is 24.2 Å². The number of hydrogen-bond acceptors (Lipinski definition) is 2. The summed E-state index contributed by atoms with van der Waals surface area (Å²) >= 11 is 0. The van der Waals surface area contributed by atoms with Gasteiger partial charge in [-0.2, -0.15) is 0 Å². The van der Waals surface area contributed by atoms with Crippen LogP contribution in [0.25, 0.3) is 0 Å². The van der Waals surface area contributed by atoms with E-state index in [-0.39, 0.29) is 0 Å². The lowest BCUT2D eigenvalue weighted by Gasteiger charge is -2.41. The largest absolute Gasteiger partial charge is 0.375 e. The van der Waals surface area contributed by atoms with E-state index >= 15 is 0 Å². The smallest absolute Gasteiger partial charge is 0.0591 e. The molecule has 0 saturated carbocycles. The normalized spacial score (nSPS) is 43.5. The van der Waals surface area contributed by atoms with Crippen LogP contribution in [0.2, 0.25) is 0 Å². The maximum Gasteiger partial charge on any atom is 0.0591 e. The van der Waals surface area contributed by atoms with Gasteiger partial charge < -0.3 is 9.64 Å². The first kappa shape index (κ1) is 10.0. The van der Waals surface area contributed by atoms with Crippen molar-refractivity contribution in [1.82, 2.24) is 4.90 Å². The van der Waals surface area contributed by atoms with E-state index in [2.05, 4.69) is 39.8 Å². The SMILES string of the molecule is CC1CC(N(C)C)C(C)C(C)O1. The summed E-state index contributed by atoms with van der Waals surface area (Å²) in [6.07, 6.45) is 1.99.